The molecule has 0 spiro atoms. The Morgan fingerprint density at radius 1 is 0.837 bits per heavy atom. The molecule has 0 bridgehead atoms. The number of hydrogen-bond acceptors (Lipinski definition) is 4. The maximum absolute atomic E-state index is 14.5. The summed E-state index contributed by atoms with van der Waals surface area (Å²) in [5, 5.41) is 4.00. The molecule has 0 heterocycles. The van der Waals surface area contributed by atoms with E-state index in [0.717, 1.165) is 33.4 Å². The molecule has 1 N–H and O–H groups in total. The van der Waals surface area contributed by atoms with Crippen LogP contribution in [-0.2, 0) is 26.4 Å². The van der Waals surface area contributed by atoms with E-state index in [0.29, 0.717) is 26.1 Å². The van der Waals surface area contributed by atoms with Gasteiger partial charge in [-0.1, -0.05) is 122 Å². The number of ether oxygens (including phenoxy) is 2. The Kier molecular flexibility index (Phi) is 9.00. The summed E-state index contributed by atoms with van der Waals surface area (Å²) in [7, 11) is 0. The maximum Gasteiger partial charge on any atom is 0.324 e. The summed E-state index contributed by atoms with van der Waals surface area (Å²) in [6.45, 7) is 12.8. The molecule has 222 valence electrons. The van der Waals surface area contributed by atoms with E-state index in [1.807, 2.05) is 51.1 Å². The lowest BCUT2D eigenvalue weighted by Crippen LogP contribution is -2.60. The molecule has 0 fully saturated rings. The lowest BCUT2D eigenvalue weighted by Gasteiger charge is -2.45. The second kappa shape index (κ2) is 12.7. The molecule has 1 aliphatic rings. The zero-order chi connectivity index (χ0) is 30.5. The number of hydrogen-bond donors (Lipinski definition) is 1. The number of benzene rings is 4. The van der Waals surface area contributed by atoms with Gasteiger partial charge in [-0.05, 0) is 67.0 Å². The normalized spacial score (nSPS) is 15.5. The van der Waals surface area contributed by atoms with Crippen molar-refractivity contribution in [3.63, 3.8) is 0 Å². The molecule has 0 aromatic heterocycles. The fourth-order valence-corrected chi connectivity index (χ4v) is 6.46. The number of esters is 1. The van der Waals surface area contributed by atoms with Gasteiger partial charge in [0.05, 0.1) is 18.8 Å². The van der Waals surface area contributed by atoms with Crippen LogP contribution in [0.15, 0.2) is 122 Å². The molecule has 5 rings (SSSR count). The Morgan fingerprint density at radius 2 is 1.37 bits per heavy atom. The van der Waals surface area contributed by atoms with Gasteiger partial charge in [0.15, 0.2) is 0 Å². The molecular formula is C39H43NO3. The highest BCUT2D eigenvalue weighted by Crippen LogP contribution is 2.52. The monoisotopic (exact) mass is 573 g/mol. The van der Waals surface area contributed by atoms with E-state index in [1.54, 1.807) is 0 Å². The van der Waals surface area contributed by atoms with Gasteiger partial charge in [-0.2, -0.15) is 0 Å². The third-order valence-electron chi connectivity index (χ3n) is 8.53. The highest BCUT2D eigenvalue weighted by molar-refractivity contribution is 5.84. The SMILES string of the molecule is C=CCC(CC)(COCc1ccccc1)[C@H](NC1(c2ccccc2)c2ccccc2-c2ccccc21)C(=O)OC(C)(C)C. The molecule has 0 aliphatic heterocycles. The number of rotatable bonds is 12. The number of carbonyl (C=O) groups is 1. The minimum absolute atomic E-state index is 0.295. The lowest BCUT2D eigenvalue weighted by atomic mass is 9.72. The minimum atomic E-state index is -0.795. The van der Waals surface area contributed by atoms with Gasteiger partial charge in [0, 0.05) is 5.41 Å². The molecule has 1 aliphatic carbocycles. The van der Waals surface area contributed by atoms with Crippen molar-refractivity contribution in [3.8, 4) is 11.1 Å². The van der Waals surface area contributed by atoms with Crippen LogP contribution in [-0.4, -0.2) is 24.2 Å². The Hall–Kier alpha value is -3.99. The molecule has 4 nitrogen and oxygen atoms in total. The summed E-state index contributed by atoms with van der Waals surface area (Å²) in [6.07, 6.45) is 3.16. The summed E-state index contributed by atoms with van der Waals surface area (Å²) >= 11 is 0. The number of fused-ring (bicyclic) bond motifs is 3. The Morgan fingerprint density at radius 3 is 1.91 bits per heavy atom. The summed E-state index contributed by atoms with van der Waals surface area (Å²) < 4.78 is 12.6. The van der Waals surface area contributed by atoms with Gasteiger partial charge in [-0.15, -0.1) is 6.58 Å². The Bertz CT molecular complexity index is 1490. The van der Waals surface area contributed by atoms with Crippen LogP contribution in [0.3, 0.4) is 0 Å². The van der Waals surface area contributed by atoms with E-state index >= 15 is 0 Å². The Labute approximate surface area is 256 Å². The molecule has 0 amide bonds. The van der Waals surface area contributed by atoms with Crippen LogP contribution in [0.2, 0.25) is 0 Å². The predicted octanol–water partition coefficient (Wildman–Crippen LogP) is 8.45. The van der Waals surface area contributed by atoms with Crippen LogP contribution >= 0.6 is 0 Å². The maximum atomic E-state index is 14.5. The first-order valence-corrected chi connectivity index (χ1v) is 15.2. The van der Waals surface area contributed by atoms with Crippen molar-refractivity contribution in [2.75, 3.05) is 6.61 Å². The van der Waals surface area contributed by atoms with Crippen LogP contribution < -0.4 is 5.32 Å². The molecule has 43 heavy (non-hydrogen) atoms. The van der Waals surface area contributed by atoms with Gasteiger partial charge < -0.3 is 9.47 Å². The van der Waals surface area contributed by atoms with Crippen LogP contribution in [0.1, 0.15) is 62.8 Å². The fourth-order valence-electron chi connectivity index (χ4n) is 6.46. The first kappa shape index (κ1) is 30.5. The minimum Gasteiger partial charge on any atom is -0.459 e. The molecule has 4 heteroatoms. The van der Waals surface area contributed by atoms with Gasteiger partial charge in [-0.25, -0.2) is 0 Å². The van der Waals surface area contributed by atoms with Crippen LogP contribution in [0.5, 0.6) is 0 Å². The zero-order valence-corrected chi connectivity index (χ0v) is 25.8. The third kappa shape index (κ3) is 6.08. The zero-order valence-electron chi connectivity index (χ0n) is 25.8. The van der Waals surface area contributed by atoms with Crippen LogP contribution in [0.25, 0.3) is 11.1 Å². The molecule has 0 radical (unpaired) electrons. The summed E-state index contributed by atoms with van der Waals surface area (Å²) in [6, 6.07) is 36.9. The average Bonchev–Trinajstić information content (AvgIpc) is 3.30. The van der Waals surface area contributed by atoms with E-state index < -0.39 is 22.6 Å². The van der Waals surface area contributed by atoms with Crippen molar-refractivity contribution < 1.29 is 14.3 Å². The molecule has 1 unspecified atom stereocenters. The molecule has 4 aromatic rings. The van der Waals surface area contributed by atoms with E-state index in [9.17, 15) is 4.79 Å². The summed E-state index contributed by atoms with van der Waals surface area (Å²) in [5.74, 6) is -0.295. The topological polar surface area (TPSA) is 47.6 Å². The predicted molar refractivity (Wildman–Crippen MR) is 175 cm³/mol. The number of carbonyl (C=O) groups excluding carboxylic acids is 1. The molecule has 2 atom stereocenters. The quantitative estimate of drug-likeness (QED) is 0.136. The van der Waals surface area contributed by atoms with Crippen molar-refractivity contribution in [1.29, 1.82) is 0 Å². The van der Waals surface area contributed by atoms with Gasteiger partial charge in [0.2, 0.25) is 0 Å². The summed E-state index contributed by atoms with van der Waals surface area (Å²) in [4.78, 5) is 14.5. The first-order valence-electron chi connectivity index (χ1n) is 15.2. The van der Waals surface area contributed by atoms with E-state index in [4.69, 9.17) is 9.47 Å². The van der Waals surface area contributed by atoms with Gasteiger partial charge >= 0.3 is 5.97 Å². The van der Waals surface area contributed by atoms with Crippen molar-refractivity contribution in [3.05, 3.63) is 144 Å². The lowest BCUT2D eigenvalue weighted by molar-refractivity contribution is -0.164. The largest absolute Gasteiger partial charge is 0.459 e. The molecular weight excluding hydrogens is 530 g/mol. The first-order chi connectivity index (χ1) is 20.7. The molecule has 0 saturated heterocycles. The number of allylic oxidation sites excluding steroid dienone is 1. The second-order valence-electron chi connectivity index (χ2n) is 12.5. The van der Waals surface area contributed by atoms with E-state index in [1.165, 1.54) is 0 Å². The van der Waals surface area contributed by atoms with Crippen molar-refractivity contribution >= 4 is 5.97 Å². The molecule has 0 saturated carbocycles. The Balaban J connectivity index is 1.68. The van der Waals surface area contributed by atoms with Gasteiger partial charge in [-0.3, -0.25) is 10.1 Å². The highest BCUT2D eigenvalue weighted by atomic mass is 16.6. The third-order valence-corrected chi connectivity index (χ3v) is 8.53. The van der Waals surface area contributed by atoms with Gasteiger partial charge in [0.1, 0.15) is 11.6 Å². The standard InChI is InChI=1S/C39H43NO3/c1-6-26-38(7-2,28-42-27-29-18-10-8-11-19-29)35(36(41)43-37(3,4)5)40-39(30-20-12-9-13-21-30)33-24-16-14-22-31(33)32-23-15-17-25-34(32)39/h6,8-25,35,40H,1,7,26-28H2,2-5H3/t35-,38?/m1/s1. The van der Waals surface area contributed by atoms with Crippen molar-refractivity contribution in [1.82, 2.24) is 5.32 Å². The summed E-state index contributed by atoms with van der Waals surface area (Å²) in [5.41, 5.74) is 4.61. The second-order valence-corrected chi connectivity index (χ2v) is 12.5. The highest BCUT2D eigenvalue weighted by Gasteiger charge is 2.52. The van der Waals surface area contributed by atoms with E-state index in [-0.39, 0.29) is 5.97 Å². The number of nitrogens with one attached hydrogen (secondary N) is 1. The van der Waals surface area contributed by atoms with Gasteiger partial charge in [0.25, 0.3) is 0 Å². The van der Waals surface area contributed by atoms with E-state index in [2.05, 4.69) is 104 Å². The van der Waals surface area contributed by atoms with Crippen LogP contribution in [0, 0.1) is 5.41 Å². The van der Waals surface area contributed by atoms with Crippen molar-refractivity contribution in [2.45, 2.75) is 64.3 Å². The fraction of sp³-hybridized carbons (Fsp3) is 0.308. The smallest absolute Gasteiger partial charge is 0.324 e. The average molecular weight is 574 g/mol. The van der Waals surface area contributed by atoms with Crippen LogP contribution in [0.4, 0.5) is 0 Å². The molecule has 4 aromatic carbocycles. The van der Waals surface area contributed by atoms with Crippen molar-refractivity contribution in [2.24, 2.45) is 5.41 Å².